The summed E-state index contributed by atoms with van der Waals surface area (Å²) in [4.78, 5) is 40.3. The molecule has 3 saturated heterocycles. The van der Waals surface area contributed by atoms with E-state index in [2.05, 4.69) is 15.6 Å². The normalized spacial score (nSPS) is 22.0. The van der Waals surface area contributed by atoms with Crippen LogP contribution in [0.2, 0.25) is 0 Å². The molecule has 0 spiro atoms. The van der Waals surface area contributed by atoms with Gasteiger partial charge in [0, 0.05) is 57.3 Å². The Morgan fingerprint density at radius 2 is 1.77 bits per heavy atom. The van der Waals surface area contributed by atoms with Crippen molar-refractivity contribution in [1.82, 2.24) is 20.7 Å². The fourth-order valence-electron chi connectivity index (χ4n) is 5.58. The third kappa shape index (κ3) is 7.82. The van der Waals surface area contributed by atoms with Crippen molar-refractivity contribution in [1.29, 1.82) is 0 Å². The molecule has 11 heteroatoms. The lowest BCUT2D eigenvalue weighted by atomic mass is 9.89. The Kier molecular flexibility index (Phi) is 9.32. The van der Waals surface area contributed by atoms with Gasteiger partial charge in [0.25, 0.3) is 0 Å². The van der Waals surface area contributed by atoms with Gasteiger partial charge in [-0.2, -0.15) is 0 Å². The zero-order valence-electron chi connectivity index (χ0n) is 23.6. The molecule has 0 bridgehead atoms. The molecule has 1 aromatic carbocycles. The number of amides is 3. The summed E-state index contributed by atoms with van der Waals surface area (Å²) >= 11 is 0. The highest BCUT2D eigenvalue weighted by Crippen LogP contribution is 2.37. The standard InChI is InChI=1S/C28H42FN5O5/c1-28(2,3)39-27(37)31-34-11-8-19(9-12-34)7-10-32-13-15-33(16-14-32)23-18-24(38-4)21(17-22(23)29)20-5-6-25(35)30-26(20)36/h17-20H,5-16H2,1-4H3,(H,31,37)(H,30,35,36). The van der Waals surface area contributed by atoms with E-state index < -0.39 is 23.5 Å². The van der Waals surface area contributed by atoms with E-state index in [0.29, 0.717) is 42.4 Å². The highest BCUT2D eigenvalue weighted by molar-refractivity contribution is 6.01. The number of ether oxygens (including phenoxy) is 2. The minimum absolute atomic E-state index is 0.229. The van der Waals surface area contributed by atoms with Crippen LogP contribution in [0.4, 0.5) is 14.9 Å². The number of nitrogens with zero attached hydrogens (tertiary/aromatic N) is 3. The summed E-state index contributed by atoms with van der Waals surface area (Å²) < 4.78 is 26.1. The maximum atomic E-state index is 15.2. The Hall–Kier alpha value is -2.92. The Balaban J connectivity index is 1.23. The summed E-state index contributed by atoms with van der Waals surface area (Å²) in [7, 11) is 1.52. The quantitative estimate of drug-likeness (QED) is 0.503. The Morgan fingerprint density at radius 3 is 2.38 bits per heavy atom. The number of hydrazine groups is 1. The fourth-order valence-corrected chi connectivity index (χ4v) is 5.58. The number of piperidine rings is 2. The Bertz CT molecular complexity index is 1050. The number of piperazine rings is 1. The molecule has 39 heavy (non-hydrogen) atoms. The van der Waals surface area contributed by atoms with Crippen molar-refractivity contribution in [3.63, 3.8) is 0 Å². The van der Waals surface area contributed by atoms with E-state index in [-0.39, 0.29) is 18.1 Å². The summed E-state index contributed by atoms with van der Waals surface area (Å²) in [5.74, 6) is -0.605. The molecule has 216 valence electrons. The lowest BCUT2D eigenvalue weighted by Crippen LogP contribution is -2.49. The first-order chi connectivity index (χ1) is 18.5. The van der Waals surface area contributed by atoms with Crippen LogP contribution in [0.25, 0.3) is 0 Å². The number of nitrogens with one attached hydrogen (secondary N) is 2. The van der Waals surface area contributed by atoms with Gasteiger partial charge in [-0.1, -0.05) is 0 Å². The SMILES string of the molecule is COc1cc(N2CCN(CCC3CCN(NC(=O)OC(C)(C)C)CC3)CC2)c(F)cc1C1CCC(=O)NC1=O. The van der Waals surface area contributed by atoms with E-state index in [1.54, 1.807) is 6.07 Å². The van der Waals surface area contributed by atoms with E-state index in [9.17, 15) is 14.4 Å². The zero-order valence-corrected chi connectivity index (χ0v) is 23.6. The van der Waals surface area contributed by atoms with E-state index in [0.717, 1.165) is 52.0 Å². The van der Waals surface area contributed by atoms with Crippen LogP contribution in [0.5, 0.6) is 5.75 Å². The highest BCUT2D eigenvalue weighted by Gasteiger charge is 2.32. The molecule has 0 aromatic heterocycles. The summed E-state index contributed by atoms with van der Waals surface area (Å²) in [6.07, 6.45) is 3.33. The average molecular weight is 548 g/mol. The molecule has 1 atom stereocenters. The Morgan fingerprint density at radius 1 is 1.08 bits per heavy atom. The van der Waals surface area contributed by atoms with Crippen LogP contribution in [0.3, 0.4) is 0 Å². The summed E-state index contributed by atoms with van der Waals surface area (Å²) in [5, 5.41) is 4.28. The van der Waals surface area contributed by atoms with Gasteiger partial charge in [-0.3, -0.25) is 25.2 Å². The predicted octanol–water partition coefficient (Wildman–Crippen LogP) is 3.02. The first-order valence-electron chi connectivity index (χ1n) is 14.0. The lowest BCUT2D eigenvalue weighted by molar-refractivity contribution is -0.134. The number of anilines is 1. The lowest BCUT2D eigenvalue weighted by Gasteiger charge is -2.38. The van der Waals surface area contributed by atoms with Gasteiger partial charge in [-0.15, -0.1) is 0 Å². The molecule has 10 nitrogen and oxygen atoms in total. The molecular weight excluding hydrogens is 505 g/mol. The van der Waals surface area contributed by atoms with Crippen LogP contribution in [0, 0.1) is 11.7 Å². The molecule has 3 aliphatic rings. The van der Waals surface area contributed by atoms with E-state index >= 15 is 4.39 Å². The minimum atomic E-state index is -0.599. The van der Waals surface area contributed by atoms with Gasteiger partial charge in [0.15, 0.2) is 0 Å². The molecule has 3 amide bonds. The molecule has 0 saturated carbocycles. The van der Waals surface area contributed by atoms with Crippen molar-refractivity contribution >= 4 is 23.6 Å². The number of imide groups is 1. The van der Waals surface area contributed by atoms with Gasteiger partial charge >= 0.3 is 6.09 Å². The van der Waals surface area contributed by atoms with E-state index in [1.165, 1.54) is 13.2 Å². The van der Waals surface area contributed by atoms with Gasteiger partial charge in [-0.25, -0.2) is 14.2 Å². The van der Waals surface area contributed by atoms with Crippen molar-refractivity contribution in [2.75, 3.05) is 57.8 Å². The Labute approximate surface area is 230 Å². The third-order valence-corrected chi connectivity index (χ3v) is 7.74. The van der Waals surface area contributed by atoms with Crippen molar-refractivity contribution in [3.05, 3.63) is 23.5 Å². The molecule has 1 unspecified atom stereocenters. The van der Waals surface area contributed by atoms with Gasteiger partial charge in [-0.05, 0) is 65.0 Å². The van der Waals surface area contributed by atoms with Crippen LogP contribution in [0.1, 0.15) is 64.4 Å². The van der Waals surface area contributed by atoms with Crippen LogP contribution in [-0.2, 0) is 14.3 Å². The van der Waals surface area contributed by atoms with E-state index in [4.69, 9.17) is 9.47 Å². The molecule has 4 rings (SSSR count). The van der Waals surface area contributed by atoms with Gasteiger partial charge in [0.1, 0.15) is 17.2 Å². The van der Waals surface area contributed by atoms with Gasteiger partial charge in [0.2, 0.25) is 11.8 Å². The maximum absolute atomic E-state index is 15.2. The second-order valence-corrected chi connectivity index (χ2v) is 11.7. The highest BCUT2D eigenvalue weighted by atomic mass is 19.1. The fraction of sp³-hybridized carbons (Fsp3) is 0.679. The molecule has 0 radical (unpaired) electrons. The second-order valence-electron chi connectivity index (χ2n) is 11.7. The number of rotatable bonds is 7. The van der Waals surface area contributed by atoms with Crippen LogP contribution < -0.4 is 20.4 Å². The molecule has 1 aromatic rings. The summed E-state index contributed by atoms with van der Waals surface area (Å²) in [6.45, 7) is 11.3. The summed E-state index contributed by atoms with van der Waals surface area (Å²) in [6, 6.07) is 3.08. The topological polar surface area (TPSA) is 103 Å². The van der Waals surface area contributed by atoms with Crippen molar-refractivity contribution in [2.45, 2.75) is 64.4 Å². The predicted molar refractivity (Wildman–Crippen MR) is 145 cm³/mol. The first-order valence-corrected chi connectivity index (χ1v) is 14.0. The molecule has 3 aliphatic heterocycles. The molecule has 3 heterocycles. The maximum Gasteiger partial charge on any atom is 0.422 e. The smallest absolute Gasteiger partial charge is 0.422 e. The first kappa shape index (κ1) is 29.1. The number of hydrogen-bond acceptors (Lipinski definition) is 8. The second kappa shape index (κ2) is 12.5. The summed E-state index contributed by atoms with van der Waals surface area (Å²) in [5.41, 5.74) is 3.29. The molecular formula is C28H42FN5O5. The number of carbonyl (C=O) groups excluding carboxylic acids is 3. The number of halogens is 1. The van der Waals surface area contributed by atoms with Crippen LogP contribution in [0.15, 0.2) is 12.1 Å². The average Bonchev–Trinajstić information content (AvgIpc) is 2.87. The number of carbonyl (C=O) groups is 3. The minimum Gasteiger partial charge on any atom is -0.496 e. The third-order valence-electron chi connectivity index (χ3n) is 7.74. The van der Waals surface area contributed by atoms with Gasteiger partial charge in [0.05, 0.1) is 18.7 Å². The van der Waals surface area contributed by atoms with Crippen LogP contribution in [-0.4, -0.2) is 86.3 Å². The molecule has 3 fully saturated rings. The number of benzene rings is 1. The number of methoxy groups -OCH3 is 1. The monoisotopic (exact) mass is 547 g/mol. The molecule has 0 aliphatic carbocycles. The number of hydrogen-bond donors (Lipinski definition) is 2. The van der Waals surface area contributed by atoms with Gasteiger partial charge < -0.3 is 14.4 Å². The van der Waals surface area contributed by atoms with E-state index in [1.807, 2.05) is 30.7 Å². The van der Waals surface area contributed by atoms with Crippen LogP contribution >= 0.6 is 0 Å². The zero-order chi connectivity index (χ0) is 28.2. The van der Waals surface area contributed by atoms with Crippen molar-refractivity contribution in [2.24, 2.45) is 5.92 Å². The van der Waals surface area contributed by atoms with Crippen molar-refractivity contribution < 1.29 is 28.2 Å². The largest absolute Gasteiger partial charge is 0.496 e. The molecule has 2 N–H and O–H groups in total. The van der Waals surface area contributed by atoms with Crippen molar-refractivity contribution in [3.8, 4) is 5.75 Å².